The van der Waals surface area contributed by atoms with Crippen molar-refractivity contribution in [1.29, 1.82) is 0 Å². The molecule has 0 saturated heterocycles. The van der Waals surface area contributed by atoms with Crippen molar-refractivity contribution < 1.29 is 0 Å². The van der Waals surface area contributed by atoms with Gasteiger partial charge in [-0.05, 0) is 23.6 Å². The SMILES string of the molecule is CC(C)CSc1ccc(CCl)cc1. The zero-order valence-electron chi connectivity index (χ0n) is 8.09. The van der Waals surface area contributed by atoms with E-state index in [1.165, 1.54) is 16.2 Å². The summed E-state index contributed by atoms with van der Waals surface area (Å²) >= 11 is 7.60. The van der Waals surface area contributed by atoms with Gasteiger partial charge in [0.05, 0.1) is 0 Å². The van der Waals surface area contributed by atoms with Crippen LogP contribution in [0, 0.1) is 5.92 Å². The normalized spacial score (nSPS) is 10.8. The summed E-state index contributed by atoms with van der Waals surface area (Å²) in [5, 5.41) is 0. The predicted octanol–water partition coefficient (Wildman–Crippen LogP) is 4.17. The van der Waals surface area contributed by atoms with Crippen LogP contribution < -0.4 is 0 Å². The third-order valence-electron chi connectivity index (χ3n) is 1.66. The van der Waals surface area contributed by atoms with Crippen LogP contribution in [0.4, 0.5) is 0 Å². The molecule has 0 N–H and O–H groups in total. The van der Waals surface area contributed by atoms with Crippen molar-refractivity contribution in [3.05, 3.63) is 29.8 Å². The summed E-state index contributed by atoms with van der Waals surface area (Å²) in [5.41, 5.74) is 1.19. The highest BCUT2D eigenvalue weighted by atomic mass is 35.5. The van der Waals surface area contributed by atoms with E-state index in [9.17, 15) is 0 Å². The highest BCUT2D eigenvalue weighted by Gasteiger charge is 1.97. The van der Waals surface area contributed by atoms with Gasteiger partial charge < -0.3 is 0 Å². The maximum absolute atomic E-state index is 5.70. The fourth-order valence-electron chi connectivity index (χ4n) is 0.938. The number of halogens is 1. The molecule has 0 aliphatic rings. The Morgan fingerprint density at radius 2 is 1.85 bits per heavy atom. The highest BCUT2D eigenvalue weighted by molar-refractivity contribution is 7.99. The van der Waals surface area contributed by atoms with Gasteiger partial charge in [0.1, 0.15) is 0 Å². The lowest BCUT2D eigenvalue weighted by Crippen LogP contribution is -1.89. The Balaban J connectivity index is 2.49. The monoisotopic (exact) mass is 214 g/mol. The van der Waals surface area contributed by atoms with Gasteiger partial charge >= 0.3 is 0 Å². The Morgan fingerprint density at radius 3 is 2.31 bits per heavy atom. The maximum Gasteiger partial charge on any atom is 0.0474 e. The van der Waals surface area contributed by atoms with Gasteiger partial charge in [-0.1, -0.05) is 26.0 Å². The van der Waals surface area contributed by atoms with Gasteiger partial charge in [-0.15, -0.1) is 23.4 Å². The first kappa shape index (κ1) is 10.9. The van der Waals surface area contributed by atoms with E-state index in [2.05, 4.69) is 38.1 Å². The van der Waals surface area contributed by atoms with Crippen LogP contribution in [0.15, 0.2) is 29.2 Å². The highest BCUT2D eigenvalue weighted by Crippen LogP contribution is 2.21. The first-order chi connectivity index (χ1) is 6.22. The van der Waals surface area contributed by atoms with Crippen molar-refractivity contribution >= 4 is 23.4 Å². The van der Waals surface area contributed by atoms with Crippen molar-refractivity contribution in [3.8, 4) is 0 Å². The number of hydrogen-bond donors (Lipinski definition) is 0. The second-order valence-electron chi connectivity index (χ2n) is 3.48. The van der Waals surface area contributed by atoms with Gasteiger partial charge in [-0.3, -0.25) is 0 Å². The lowest BCUT2D eigenvalue weighted by molar-refractivity contribution is 0.750. The Hall–Kier alpha value is -0.140. The van der Waals surface area contributed by atoms with Crippen molar-refractivity contribution in [2.24, 2.45) is 5.92 Å². The molecule has 0 amide bonds. The van der Waals surface area contributed by atoms with Gasteiger partial charge in [0.15, 0.2) is 0 Å². The molecule has 2 heteroatoms. The van der Waals surface area contributed by atoms with Gasteiger partial charge in [0, 0.05) is 16.5 Å². The van der Waals surface area contributed by atoms with Crippen molar-refractivity contribution in [2.75, 3.05) is 5.75 Å². The zero-order chi connectivity index (χ0) is 9.68. The first-order valence-corrected chi connectivity index (χ1v) is 6.02. The molecule has 1 aromatic carbocycles. The minimum atomic E-state index is 0.606. The number of benzene rings is 1. The molecule has 0 saturated carbocycles. The van der Waals surface area contributed by atoms with Gasteiger partial charge in [-0.2, -0.15) is 0 Å². The van der Waals surface area contributed by atoms with Gasteiger partial charge in [-0.25, -0.2) is 0 Å². The standard InChI is InChI=1S/C11H15ClS/c1-9(2)8-13-11-5-3-10(7-12)4-6-11/h3-6,9H,7-8H2,1-2H3. The minimum Gasteiger partial charge on any atom is -0.126 e. The largest absolute Gasteiger partial charge is 0.126 e. The molecule has 0 unspecified atom stereocenters. The summed E-state index contributed by atoms with van der Waals surface area (Å²) in [6.07, 6.45) is 0. The molecule has 0 heterocycles. The van der Waals surface area contributed by atoms with E-state index in [-0.39, 0.29) is 0 Å². The van der Waals surface area contributed by atoms with E-state index in [0.717, 1.165) is 5.92 Å². The second kappa shape index (κ2) is 5.56. The lowest BCUT2D eigenvalue weighted by Gasteiger charge is -2.04. The molecule has 0 spiro atoms. The van der Waals surface area contributed by atoms with Crippen LogP contribution in [-0.4, -0.2) is 5.75 Å². The molecule has 0 radical (unpaired) electrons. The number of hydrogen-bond acceptors (Lipinski definition) is 1. The summed E-state index contributed by atoms with van der Waals surface area (Å²) in [7, 11) is 0. The van der Waals surface area contributed by atoms with Crippen LogP contribution in [0.5, 0.6) is 0 Å². The average Bonchev–Trinajstić information content (AvgIpc) is 2.15. The Kier molecular flexibility index (Phi) is 4.68. The van der Waals surface area contributed by atoms with Gasteiger partial charge in [0.25, 0.3) is 0 Å². The maximum atomic E-state index is 5.70. The van der Waals surface area contributed by atoms with E-state index < -0.39 is 0 Å². The van der Waals surface area contributed by atoms with E-state index in [0.29, 0.717) is 5.88 Å². The lowest BCUT2D eigenvalue weighted by atomic mass is 10.2. The average molecular weight is 215 g/mol. The van der Waals surface area contributed by atoms with E-state index in [1.807, 2.05) is 11.8 Å². The Morgan fingerprint density at radius 1 is 1.23 bits per heavy atom. The van der Waals surface area contributed by atoms with E-state index in [1.54, 1.807) is 0 Å². The molecule has 0 fully saturated rings. The summed E-state index contributed by atoms with van der Waals surface area (Å²) < 4.78 is 0. The Bertz CT molecular complexity index is 241. The van der Waals surface area contributed by atoms with Crippen molar-refractivity contribution in [1.82, 2.24) is 0 Å². The Labute approximate surface area is 89.7 Å². The van der Waals surface area contributed by atoms with Crippen molar-refractivity contribution in [2.45, 2.75) is 24.6 Å². The van der Waals surface area contributed by atoms with E-state index in [4.69, 9.17) is 11.6 Å². The molecule has 0 nitrogen and oxygen atoms in total. The minimum absolute atomic E-state index is 0.606. The summed E-state index contributed by atoms with van der Waals surface area (Å²) in [6.45, 7) is 4.47. The number of alkyl halides is 1. The van der Waals surface area contributed by atoms with Crippen LogP contribution in [0.25, 0.3) is 0 Å². The van der Waals surface area contributed by atoms with Crippen molar-refractivity contribution in [3.63, 3.8) is 0 Å². The third kappa shape index (κ3) is 4.06. The molecular weight excluding hydrogens is 200 g/mol. The van der Waals surface area contributed by atoms with Gasteiger partial charge in [0.2, 0.25) is 0 Å². The molecule has 0 aromatic heterocycles. The number of thioether (sulfide) groups is 1. The zero-order valence-corrected chi connectivity index (χ0v) is 9.66. The van der Waals surface area contributed by atoms with Crippen LogP contribution in [0.1, 0.15) is 19.4 Å². The molecule has 1 rings (SSSR count). The fourth-order valence-corrected chi connectivity index (χ4v) is 1.97. The third-order valence-corrected chi connectivity index (χ3v) is 3.41. The van der Waals surface area contributed by atoms with Crippen LogP contribution in [0.2, 0.25) is 0 Å². The molecule has 13 heavy (non-hydrogen) atoms. The summed E-state index contributed by atoms with van der Waals surface area (Å²) in [5.74, 6) is 2.53. The molecule has 1 aromatic rings. The molecule has 0 bridgehead atoms. The summed E-state index contributed by atoms with van der Waals surface area (Å²) in [6, 6.07) is 8.47. The van der Waals surface area contributed by atoms with Crippen LogP contribution in [0.3, 0.4) is 0 Å². The molecule has 0 atom stereocenters. The number of rotatable bonds is 4. The fraction of sp³-hybridized carbons (Fsp3) is 0.455. The van der Waals surface area contributed by atoms with E-state index >= 15 is 0 Å². The predicted molar refractivity (Wildman–Crippen MR) is 61.6 cm³/mol. The molecule has 0 aliphatic carbocycles. The van der Waals surface area contributed by atoms with Crippen LogP contribution >= 0.6 is 23.4 Å². The second-order valence-corrected chi connectivity index (χ2v) is 4.84. The molecule has 0 aliphatic heterocycles. The smallest absolute Gasteiger partial charge is 0.0474 e. The molecular formula is C11H15ClS. The van der Waals surface area contributed by atoms with Crippen LogP contribution in [-0.2, 0) is 5.88 Å². The first-order valence-electron chi connectivity index (χ1n) is 4.50. The topological polar surface area (TPSA) is 0 Å². The molecule has 72 valence electrons. The quantitative estimate of drug-likeness (QED) is 0.536. The summed E-state index contributed by atoms with van der Waals surface area (Å²) in [4.78, 5) is 1.34.